The number of hydrogen-bond donors (Lipinski definition) is 1. The maximum Gasteiger partial charge on any atom is 0.255 e. The fourth-order valence-corrected chi connectivity index (χ4v) is 2.93. The molecule has 0 saturated carbocycles. The first kappa shape index (κ1) is 17.4. The van der Waals surface area contributed by atoms with E-state index in [1.165, 1.54) is 12.1 Å². The van der Waals surface area contributed by atoms with Crippen molar-refractivity contribution in [2.75, 3.05) is 4.72 Å². The molecule has 0 aliphatic rings. The van der Waals surface area contributed by atoms with Gasteiger partial charge in [-0.15, -0.1) is 0 Å². The molecule has 0 unspecified atom stereocenters. The van der Waals surface area contributed by atoms with Crippen molar-refractivity contribution in [3.8, 4) is 5.75 Å². The number of nitrogens with one attached hydrogen (secondary N) is 1. The van der Waals surface area contributed by atoms with Gasteiger partial charge in [-0.3, -0.25) is 4.72 Å². The second-order valence-corrected chi connectivity index (χ2v) is 7.15. The van der Waals surface area contributed by atoms with Crippen LogP contribution in [0.4, 0.5) is 5.69 Å². The summed E-state index contributed by atoms with van der Waals surface area (Å²) in [5, 5.41) is 1.47. The lowest BCUT2D eigenvalue weighted by molar-refractivity contribution is 0.242. The Morgan fingerprint density at radius 2 is 1.83 bits per heavy atom. The topological polar surface area (TPSA) is 55.4 Å². The van der Waals surface area contributed by atoms with Crippen molar-refractivity contribution in [2.45, 2.75) is 20.0 Å². The lowest BCUT2D eigenvalue weighted by atomic mass is 10.2. The molecule has 0 fully saturated rings. The van der Waals surface area contributed by atoms with Gasteiger partial charge in [0.25, 0.3) is 10.0 Å². The SMILES string of the molecule is CC(C)Oc1ccc(NS(=O)(=O)C=Cc2ccccc2)cc1Cl. The molecule has 0 heterocycles. The number of hydrogen-bond acceptors (Lipinski definition) is 3. The van der Waals surface area contributed by atoms with E-state index in [-0.39, 0.29) is 6.10 Å². The number of sulfonamides is 1. The molecule has 0 aromatic heterocycles. The van der Waals surface area contributed by atoms with E-state index < -0.39 is 10.0 Å². The fourth-order valence-electron chi connectivity index (χ4n) is 1.84. The highest BCUT2D eigenvalue weighted by Crippen LogP contribution is 2.29. The second kappa shape index (κ2) is 7.53. The Morgan fingerprint density at radius 1 is 1.13 bits per heavy atom. The zero-order chi connectivity index (χ0) is 16.9. The summed E-state index contributed by atoms with van der Waals surface area (Å²) in [6.07, 6.45) is 1.52. The standard InChI is InChI=1S/C17H18ClNO3S/c1-13(2)22-17-9-8-15(12-16(17)18)19-23(20,21)11-10-14-6-4-3-5-7-14/h3-13,19H,1-2H3. The summed E-state index contributed by atoms with van der Waals surface area (Å²) < 4.78 is 32.1. The number of ether oxygens (including phenoxy) is 1. The summed E-state index contributed by atoms with van der Waals surface area (Å²) in [7, 11) is -3.62. The van der Waals surface area contributed by atoms with E-state index >= 15 is 0 Å². The Balaban J connectivity index is 2.11. The monoisotopic (exact) mass is 351 g/mol. The van der Waals surface area contributed by atoms with Crippen molar-refractivity contribution in [1.82, 2.24) is 0 Å². The molecule has 6 heteroatoms. The van der Waals surface area contributed by atoms with E-state index in [0.717, 1.165) is 11.0 Å². The molecule has 122 valence electrons. The molecule has 0 aliphatic heterocycles. The molecule has 23 heavy (non-hydrogen) atoms. The van der Waals surface area contributed by atoms with Crippen LogP contribution in [0.25, 0.3) is 6.08 Å². The predicted octanol–water partition coefficient (Wildman–Crippen LogP) is 4.54. The van der Waals surface area contributed by atoms with E-state index in [0.29, 0.717) is 16.5 Å². The molecule has 0 atom stereocenters. The molecule has 0 saturated heterocycles. The zero-order valence-electron chi connectivity index (χ0n) is 12.9. The van der Waals surface area contributed by atoms with Gasteiger partial charge in [0.2, 0.25) is 0 Å². The van der Waals surface area contributed by atoms with Crippen LogP contribution in [0.2, 0.25) is 5.02 Å². The van der Waals surface area contributed by atoms with Crippen LogP contribution in [0.1, 0.15) is 19.4 Å². The van der Waals surface area contributed by atoms with Gasteiger partial charge in [-0.25, -0.2) is 8.42 Å². The van der Waals surface area contributed by atoms with Crippen LogP contribution in [-0.2, 0) is 10.0 Å². The van der Waals surface area contributed by atoms with E-state index in [2.05, 4.69) is 4.72 Å². The van der Waals surface area contributed by atoms with Crippen LogP contribution in [-0.4, -0.2) is 14.5 Å². The van der Waals surface area contributed by atoms with Crippen LogP contribution in [0.3, 0.4) is 0 Å². The molecule has 2 aromatic carbocycles. The third-order valence-corrected chi connectivity index (χ3v) is 4.10. The summed E-state index contributed by atoms with van der Waals surface area (Å²) in [5.74, 6) is 0.518. The van der Waals surface area contributed by atoms with Crippen molar-refractivity contribution in [3.63, 3.8) is 0 Å². The molecule has 0 amide bonds. The molecule has 0 aliphatic carbocycles. The van der Waals surface area contributed by atoms with Crippen molar-refractivity contribution < 1.29 is 13.2 Å². The van der Waals surface area contributed by atoms with E-state index in [9.17, 15) is 8.42 Å². The summed E-state index contributed by atoms with van der Waals surface area (Å²) >= 11 is 6.10. The molecular formula is C17H18ClNO3S. The summed E-state index contributed by atoms with van der Waals surface area (Å²) in [4.78, 5) is 0. The first-order valence-corrected chi connectivity index (χ1v) is 9.00. The number of halogens is 1. The molecule has 0 bridgehead atoms. The maximum absolute atomic E-state index is 12.1. The average molecular weight is 352 g/mol. The van der Waals surface area contributed by atoms with Crippen LogP contribution in [0.15, 0.2) is 53.9 Å². The second-order valence-electron chi connectivity index (χ2n) is 5.17. The minimum Gasteiger partial charge on any atom is -0.489 e. The Morgan fingerprint density at radius 3 is 2.43 bits per heavy atom. The highest BCUT2D eigenvalue weighted by atomic mass is 35.5. The lowest BCUT2D eigenvalue weighted by Gasteiger charge is -2.12. The maximum atomic E-state index is 12.1. The first-order chi connectivity index (χ1) is 10.9. The van der Waals surface area contributed by atoms with Crippen LogP contribution >= 0.6 is 11.6 Å². The van der Waals surface area contributed by atoms with Gasteiger partial charge in [0.05, 0.1) is 22.2 Å². The largest absolute Gasteiger partial charge is 0.489 e. The molecule has 0 radical (unpaired) electrons. The molecule has 1 N–H and O–H groups in total. The first-order valence-electron chi connectivity index (χ1n) is 7.08. The van der Waals surface area contributed by atoms with E-state index in [4.69, 9.17) is 16.3 Å². The number of benzene rings is 2. The molecular weight excluding hydrogens is 334 g/mol. The fraction of sp³-hybridized carbons (Fsp3) is 0.176. The number of rotatable bonds is 6. The van der Waals surface area contributed by atoms with Crippen LogP contribution in [0.5, 0.6) is 5.75 Å². The average Bonchev–Trinajstić information content (AvgIpc) is 2.49. The van der Waals surface area contributed by atoms with Gasteiger partial charge in [-0.1, -0.05) is 41.9 Å². The van der Waals surface area contributed by atoms with Crippen LogP contribution < -0.4 is 9.46 Å². The molecule has 2 rings (SSSR count). The third kappa shape index (κ3) is 5.62. The summed E-state index contributed by atoms with van der Waals surface area (Å²) in [6, 6.07) is 14.0. The van der Waals surface area contributed by atoms with Gasteiger partial charge in [0, 0.05) is 0 Å². The van der Waals surface area contributed by atoms with Crippen LogP contribution in [0, 0.1) is 0 Å². The highest BCUT2D eigenvalue weighted by Gasteiger charge is 2.09. The van der Waals surface area contributed by atoms with E-state index in [1.807, 2.05) is 44.2 Å². The van der Waals surface area contributed by atoms with Crippen molar-refractivity contribution in [1.29, 1.82) is 0 Å². The minimum atomic E-state index is -3.62. The Bertz CT molecular complexity index is 787. The smallest absolute Gasteiger partial charge is 0.255 e. The molecule has 2 aromatic rings. The lowest BCUT2D eigenvalue weighted by Crippen LogP contribution is -2.09. The summed E-state index contributed by atoms with van der Waals surface area (Å²) in [5.41, 5.74) is 1.18. The Kier molecular flexibility index (Phi) is 5.69. The van der Waals surface area contributed by atoms with Gasteiger partial charge in [0.15, 0.2) is 0 Å². The van der Waals surface area contributed by atoms with Crippen molar-refractivity contribution in [3.05, 3.63) is 64.5 Å². The molecule has 0 spiro atoms. The summed E-state index contributed by atoms with van der Waals surface area (Å²) in [6.45, 7) is 3.78. The van der Waals surface area contributed by atoms with Gasteiger partial charge in [-0.2, -0.15) is 0 Å². The Hall–Kier alpha value is -1.98. The number of anilines is 1. The predicted molar refractivity (Wildman–Crippen MR) is 95.2 cm³/mol. The normalized spacial score (nSPS) is 11.8. The van der Waals surface area contributed by atoms with Gasteiger partial charge in [0.1, 0.15) is 5.75 Å². The third-order valence-electron chi connectivity index (χ3n) is 2.79. The van der Waals surface area contributed by atoms with Crippen molar-refractivity contribution in [2.24, 2.45) is 0 Å². The quantitative estimate of drug-likeness (QED) is 0.831. The zero-order valence-corrected chi connectivity index (χ0v) is 14.4. The van der Waals surface area contributed by atoms with Gasteiger partial charge in [-0.05, 0) is 43.7 Å². The van der Waals surface area contributed by atoms with E-state index in [1.54, 1.807) is 12.1 Å². The Labute approximate surface area is 141 Å². The van der Waals surface area contributed by atoms with Gasteiger partial charge >= 0.3 is 0 Å². The highest BCUT2D eigenvalue weighted by molar-refractivity contribution is 7.95. The molecule has 4 nitrogen and oxygen atoms in total. The minimum absolute atomic E-state index is 0.0103. The van der Waals surface area contributed by atoms with Crippen molar-refractivity contribution >= 4 is 33.4 Å². The van der Waals surface area contributed by atoms with Gasteiger partial charge < -0.3 is 4.74 Å².